The summed E-state index contributed by atoms with van der Waals surface area (Å²) in [6.07, 6.45) is 0. The molecule has 0 aliphatic carbocycles. The zero-order valence-corrected chi connectivity index (χ0v) is 10.9. The van der Waals surface area contributed by atoms with E-state index in [1.807, 2.05) is 36.4 Å². The summed E-state index contributed by atoms with van der Waals surface area (Å²) < 4.78 is 5.30. The molecule has 0 aliphatic heterocycles. The van der Waals surface area contributed by atoms with Crippen LogP contribution in [0.25, 0.3) is 11.1 Å². The fourth-order valence-electron chi connectivity index (χ4n) is 1.61. The van der Waals surface area contributed by atoms with Crippen molar-refractivity contribution in [2.24, 2.45) is 0 Å². The van der Waals surface area contributed by atoms with Gasteiger partial charge in [0.1, 0.15) is 5.75 Å². The Hall–Kier alpha value is -1.38. The molecule has 17 heavy (non-hydrogen) atoms. The van der Waals surface area contributed by atoms with Gasteiger partial charge in [0.05, 0.1) is 7.11 Å². The zero-order chi connectivity index (χ0) is 11.5. The normalized spacial score (nSPS) is 9.53. The number of methoxy groups -OCH3 is 1. The lowest BCUT2D eigenvalue weighted by Crippen LogP contribution is -1.89. The number of ether oxygens (including phenoxy) is 1. The van der Waals surface area contributed by atoms with E-state index < -0.39 is 0 Å². The summed E-state index contributed by atoms with van der Waals surface area (Å²) >= 11 is 5.91. The van der Waals surface area contributed by atoms with Crippen LogP contribution in [0.1, 0.15) is 0 Å². The molecule has 0 heterocycles. The number of hydrogen-bond acceptors (Lipinski definition) is 2. The van der Waals surface area contributed by atoms with Crippen LogP contribution in [-0.2, 0) is 0 Å². The van der Waals surface area contributed by atoms with Crippen molar-refractivity contribution in [2.45, 2.75) is 0 Å². The van der Waals surface area contributed by atoms with E-state index >= 15 is 0 Å². The number of nitrogen functional groups attached to an aromatic ring is 1. The van der Waals surface area contributed by atoms with E-state index in [0.717, 1.165) is 22.6 Å². The van der Waals surface area contributed by atoms with Gasteiger partial charge in [-0.25, -0.2) is 0 Å². The van der Waals surface area contributed by atoms with Gasteiger partial charge in [-0.1, -0.05) is 23.7 Å². The smallest absolute Gasteiger partial charge is 0.128 e. The lowest BCUT2D eigenvalue weighted by Gasteiger charge is -2.09. The van der Waals surface area contributed by atoms with Crippen molar-refractivity contribution in [1.29, 1.82) is 0 Å². The number of halogens is 2. The second-order valence-electron chi connectivity index (χ2n) is 3.47. The first-order valence-corrected chi connectivity index (χ1v) is 5.28. The summed E-state index contributed by atoms with van der Waals surface area (Å²) in [7, 11) is 1.63. The third-order valence-electron chi connectivity index (χ3n) is 2.36. The Kier molecular flexibility index (Phi) is 4.67. The number of rotatable bonds is 2. The molecule has 0 bridgehead atoms. The van der Waals surface area contributed by atoms with E-state index in [0.29, 0.717) is 5.02 Å². The van der Waals surface area contributed by atoms with Gasteiger partial charge in [0.2, 0.25) is 0 Å². The van der Waals surface area contributed by atoms with Crippen molar-refractivity contribution in [3.8, 4) is 16.9 Å². The van der Waals surface area contributed by atoms with Crippen LogP contribution in [0, 0.1) is 0 Å². The van der Waals surface area contributed by atoms with Crippen LogP contribution < -0.4 is 10.5 Å². The Labute approximate surface area is 112 Å². The quantitative estimate of drug-likeness (QED) is 0.836. The van der Waals surface area contributed by atoms with Gasteiger partial charge in [0.15, 0.2) is 0 Å². The lowest BCUT2D eigenvalue weighted by molar-refractivity contribution is 0.416. The molecule has 0 saturated carbocycles. The molecule has 2 aromatic carbocycles. The van der Waals surface area contributed by atoms with Crippen molar-refractivity contribution in [3.63, 3.8) is 0 Å². The topological polar surface area (TPSA) is 35.2 Å². The van der Waals surface area contributed by atoms with Crippen LogP contribution in [0.3, 0.4) is 0 Å². The number of anilines is 1. The van der Waals surface area contributed by atoms with Crippen molar-refractivity contribution >= 4 is 29.7 Å². The largest absolute Gasteiger partial charge is 0.496 e. The molecule has 0 aliphatic rings. The zero-order valence-electron chi connectivity index (χ0n) is 9.31. The molecule has 0 radical (unpaired) electrons. The van der Waals surface area contributed by atoms with E-state index in [1.54, 1.807) is 13.2 Å². The number of hydrogen-bond donors (Lipinski definition) is 1. The highest BCUT2D eigenvalue weighted by molar-refractivity contribution is 6.30. The first-order chi connectivity index (χ1) is 7.70. The van der Waals surface area contributed by atoms with Crippen molar-refractivity contribution in [3.05, 3.63) is 47.5 Å². The highest BCUT2D eigenvalue weighted by atomic mass is 35.5. The molecule has 4 heteroatoms. The molecule has 0 spiro atoms. The minimum atomic E-state index is 0. The molecule has 0 aromatic heterocycles. The second kappa shape index (κ2) is 5.80. The van der Waals surface area contributed by atoms with E-state index in [2.05, 4.69) is 0 Å². The molecular weight excluding hydrogens is 257 g/mol. The summed E-state index contributed by atoms with van der Waals surface area (Å²) in [4.78, 5) is 0. The Morgan fingerprint density at radius 3 is 2.53 bits per heavy atom. The second-order valence-corrected chi connectivity index (χ2v) is 3.91. The summed E-state index contributed by atoms with van der Waals surface area (Å²) in [6, 6.07) is 13.2. The van der Waals surface area contributed by atoms with Gasteiger partial charge < -0.3 is 10.5 Å². The van der Waals surface area contributed by atoms with Crippen LogP contribution in [0.15, 0.2) is 42.5 Å². The summed E-state index contributed by atoms with van der Waals surface area (Å²) in [5.74, 6) is 0.748. The SMILES string of the molecule is COc1cc(Cl)ccc1-c1cccc(N)c1.Cl. The third kappa shape index (κ3) is 3.05. The molecule has 0 atom stereocenters. The fraction of sp³-hybridized carbons (Fsp3) is 0.0769. The van der Waals surface area contributed by atoms with Gasteiger partial charge >= 0.3 is 0 Å². The fourth-order valence-corrected chi connectivity index (χ4v) is 1.77. The van der Waals surface area contributed by atoms with Gasteiger partial charge in [-0.2, -0.15) is 0 Å². The number of benzene rings is 2. The Morgan fingerprint density at radius 1 is 1.12 bits per heavy atom. The predicted molar refractivity (Wildman–Crippen MR) is 75.1 cm³/mol. The molecule has 2 rings (SSSR count). The highest BCUT2D eigenvalue weighted by Crippen LogP contribution is 2.32. The Bertz CT molecular complexity index is 515. The molecule has 0 unspecified atom stereocenters. The van der Waals surface area contributed by atoms with E-state index in [4.69, 9.17) is 22.1 Å². The van der Waals surface area contributed by atoms with Gasteiger partial charge in [-0.15, -0.1) is 12.4 Å². The Morgan fingerprint density at radius 2 is 1.88 bits per heavy atom. The van der Waals surface area contributed by atoms with E-state index in [-0.39, 0.29) is 12.4 Å². The summed E-state index contributed by atoms with van der Waals surface area (Å²) in [5.41, 5.74) is 8.49. The maximum atomic E-state index is 5.91. The minimum Gasteiger partial charge on any atom is -0.496 e. The van der Waals surface area contributed by atoms with Crippen molar-refractivity contribution in [2.75, 3.05) is 12.8 Å². The van der Waals surface area contributed by atoms with E-state index in [9.17, 15) is 0 Å². The molecule has 2 N–H and O–H groups in total. The lowest BCUT2D eigenvalue weighted by atomic mass is 10.0. The molecule has 2 nitrogen and oxygen atoms in total. The summed E-state index contributed by atoms with van der Waals surface area (Å²) in [6.45, 7) is 0. The molecular formula is C13H13Cl2NO. The first-order valence-electron chi connectivity index (χ1n) is 4.90. The first kappa shape index (κ1) is 13.7. The van der Waals surface area contributed by atoms with Crippen LogP contribution >= 0.6 is 24.0 Å². The molecule has 90 valence electrons. The average molecular weight is 270 g/mol. The van der Waals surface area contributed by atoms with Crippen molar-refractivity contribution in [1.82, 2.24) is 0 Å². The van der Waals surface area contributed by atoms with Crippen LogP contribution in [0.2, 0.25) is 5.02 Å². The molecule has 0 amide bonds. The van der Waals surface area contributed by atoms with Gasteiger partial charge in [0.25, 0.3) is 0 Å². The molecule has 0 saturated heterocycles. The van der Waals surface area contributed by atoms with Gasteiger partial charge in [0, 0.05) is 16.3 Å². The maximum Gasteiger partial charge on any atom is 0.128 e. The average Bonchev–Trinajstić information content (AvgIpc) is 2.28. The minimum absolute atomic E-state index is 0. The monoisotopic (exact) mass is 269 g/mol. The van der Waals surface area contributed by atoms with Gasteiger partial charge in [-0.05, 0) is 35.9 Å². The maximum absolute atomic E-state index is 5.91. The molecule has 2 aromatic rings. The van der Waals surface area contributed by atoms with E-state index in [1.165, 1.54) is 0 Å². The molecule has 0 fully saturated rings. The standard InChI is InChI=1S/C13H12ClNO.ClH/c1-16-13-8-10(14)5-6-12(13)9-3-2-4-11(15)7-9;/h2-8H,15H2,1H3;1H. The van der Waals surface area contributed by atoms with Crippen LogP contribution in [0.5, 0.6) is 5.75 Å². The Balaban J connectivity index is 0.00000144. The van der Waals surface area contributed by atoms with Crippen LogP contribution in [0.4, 0.5) is 5.69 Å². The predicted octanol–water partition coefficient (Wildman–Crippen LogP) is 4.02. The number of nitrogens with two attached hydrogens (primary N) is 1. The van der Waals surface area contributed by atoms with Crippen LogP contribution in [-0.4, -0.2) is 7.11 Å². The summed E-state index contributed by atoms with van der Waals surface area (Å²) in [5, 5.41) is 0.657. The third-order valence-corrected chi connectivity index (χ3v) is 2.60. The van der Waals surface area contributed by atoms with Crippen molar-refractivity contribution < 1.29 is 4.74 Å². The van der Waals surface area contributed by atoms with Gasteiger partial charge in [-0.3, -0.25) is 0 Å². The highest BCUT2D eigenvalue weighted by Gasteiger charge is 2.06.